The van der Waals surface area contributed by atoms with Crippen LogP contribution in [0.3, 0.4) is 0 Å². The number of rotatable bonds is 11. The fraction of sp³-hybridized carbons (Fsp3) is 0.273. The summed E-state index contributed by atoms with van der Waals surface area (Å²) < 4.78 is 0. The molecule has 0 radical (unpaired) electrons. The van der Waals surface area contributed by atoms with Crippen molar-refractivity contribution in [2.45, 2.75) is 38.5 Å². The van der Waals surface area contributed by atoms with Gasteiger partial charge in [-0.3, -0.25) is 9.59 Å². The van der Waals surface area contributed by atoms with Gasteiger partial charge in [0.05, 0.1) is 32.5 Å². The van der Waals surface area contributed by atoms with E-state index in [1.54, 1.807) is 36.4 Å². The number of hydrazone groups is 2. The second kappa shape index (κ2) is 14.1. The van der Waals surface area contributed by atoms with Crippen molar-refractivity contribution in [3.8, 4) is 0 Å². The summed E-state index contributed by atoms with van der Waals surface area (Å²) in [5.74, 6) is -0.399. The standard InChI is InChI=1S/C22H22Cl4N4O2/c23-17-7-5-8-18(24)15(17)13-27-29-21(31)11-3-1-2-4-12-22(32)30-28-14-16-19(25)9-6-10-20(16)26/h5-10,13-14H,1-4,11-12H2,(H,29,31)(H,30,32). The van der Waals surface area contributed by atoms with Crippen molar-refractivity contribution in [1.82, 2.24) is 10.9 Å². The van der Waals surface area contributed by atoms with Crippen LogP contribution in [0.5, 0.6) is 0 Å². The number of hydrogen-bond donors (Lipinski definition) is 2. The monoisotopic (exact) mass is 514 g/mol. The van der Waals surface area contributed by atoms with E-state index in [0.29, 0.717) is 56.9 Å². The number of nitrogens with one attached hydrogen (secondary N) is 2. The molecule has 0 saturated heterocycles. The molecule has 2 rings (SSSR count). The molecule has 0 fully saturated rings. The van der Waals surface area contributed by atoms with Gasteiger partial charge in [0, 0.05) is 24.0 Å². The zero-order valence-corrected chi connectivity index (χ0v) is 20.1. The summed E-state index contributed by atoms with van der Waals surface area (Å²) in [5, 5.41) is 9.60. The Morgan fingerprint density at radius 1 is 0.656 bits per heavy atom. The smallest absolute Gasteiger partial charge is 0.240 e. The maximum Gasteiger partial charge on any atom is 0.240 e. The van der Waals surface area contributed by atoms with E-state index in [0.717, 1.165) is 12.8 Å². The van der Waals surface area contributed by atoms with Crippen molar-refractivity contribution < 1.29 is 9.59 Å². The summed E-state index contributed by atoms with van der Waals surface area (Å²) in [6, 6.07) is 10.2. The molecule has 0 saturated carbocycles. The molecule has 0 aliphatic carbocycles. The first-order valence-electron chi connectivity index (χ1n) is 9.90. The molecule has 32 heavy (non-hydrogen) atoms. The van der Waals surface area contributed by atoms with Gasteiger partial charge >= 0.3 is 0 Å². The Morgan fingerprint density at radius 2 is 1.00 bits per heavy atom. The third-order valence-corrected chi connectivity index (χ3v) is 5.64. The number of nitrogens with zero attached hydrogens (tertiary/aromatic N) is 2. The lowest BCUT2D eigenvalue weighted by atomic mass is 10.1. The molecule has 0 aliphatic rings. The van der Waals surface area contributed by atoms with E-state index in [1.807, 2.05) is 0 Å². The Bertz CT molecular complexity index is 876. The molecule has 2 aromatic carbocycles. The van der Waals surface area contributed by atoms with Crippen molar-refractivity contribution in [3.63, 3.8) is 0 Å². The second-order valence-corrected chi connectivity index (χ2v) is 8.40. The van der Waals surface area contributed by atoms with Crippen molar-refractivity contribution >= 4 is 70.6 Å². The molecule has 0 unspecified atom stereocenters. The molecule has 0 aromatic heterocycles. The minimum absolute atomic E-state index is 0.199. The summed E-state index contributed by atoms with van der Waals surface area (Å²) in [6.45, 7) is 0. The molecule has 2 aromatic rings. The molecule has 10 heteroatoms. The number of halogens is 4. The third kappa shape index (κ3) is 9.17. The number of carbonyl (C=O) groups excluding carboxylic acids is 2. The van der Waals surface area contributed by atoms with Crippen LogP contribution < -0.4 is 10.9 Å². The van der Waals surface area contributed by atoms with Crippen molar-refractivity contribution in [3.05, 3.63) is 67.6 Å². The molecule has 0 bridgehead atoms. The molecule has 2 amide bonds. The van der Waals surface area contributed by atoms with E-state index < -0.39 is 0 Å². The fourth-order valence-corrected chi connectivity index (χ4v) is 3.63. The topological polar surface area (TPSA) is 82.9 Å². The number of carbonyl (C=O) groups is 2. The van der Waals surface area contributed by atoms with Gasteiger partial charge in [0.15, 0.2) is 0 Å². The average molecular weight is 516 g/mol. The molecule has 6 nitrogen and oxygen atoms in total. The lowest BCUT2D eigenvalue weighted by Gasteiger charge is -2.03. The first-order chi connectivity index (χ1) is 15.4. The molecule has 0 heterocycles. The molecule has 170 valence electrons. The number of hydrogen-bond acceptors (Lipinski definition) is 4. The van der Waals surface area contributed by atoms with Crippen LogP contribution in [0.1, 0.15) is 49.7 Å². The van der Waals surface area contributed by atoms with Crippen LogP contribution in [0.2, 0.25) is 20.1 Å². The third-order valence-electron chi connectivity index (χ3n) is 4.32. The SMILES string of the molecule is O=C(CCCCCCC(=O)NN=Cc1c(Cl)cccc1Cl)NN=Cc1c(Cl)cccc1Cl. The second-order valence-electron chi connectivity index (χ2n) is 6.77. The van der Waals surface area contributed by atoms with Crippen LogP contribution in [-0.4, -0.2) is 24.2 Å². The molecule has 0 aliphatic heterocycles. The van der Waals surface area contributed by atoms with Gasteiger partial charge in [-0.15, -0.1) is 0 Å². The fourth-order valence-electron chi connectivity index (χ4n) is 2.64. The van der Waals surface area contributed by atoms with Gasteiger partial charge in [-0.2, -0.15) is 10.2 Å². The number of benzene rings is 2. The maximum absolute atomic E-state index is 11.8. The quantitative estimate of drug-likeness (QED) is 0.211. The summed E-state index contributed by atoms with van der Waals surface area (Å²) in [7, 11) is 0. The highest BCUT2D eigenvalue weighted by Gasteiger charge is 2.05. The normalized spacial score (nSPS) is 11.2. The predicted octanol–water partition coefficient (Wildman–Crippen LogP) is 6.24. The summed E-state index contributed by atoms with van der Waals surface area (Å²) in [4.78, 5) is 23.7. The lowest BCUT2D eigenvalue weighted by Crippen LogP contribution is -2.17. The maximum atomic E-state index is 11.8. The Balaban J connectivity index is 1.57. The number of amides is 2. The van der Waals surface area contributed by atoms with Crippen LogP contribution in [0, 0.1) is 0 Å². The van der Waals surface area contributed by atoms with Crippen molar-refractivity contribution in [2.75, 3.05) is 0 Å². The minimum atomic E-state index is -0.199. The largest absolute Gasteiger partial charge is 0.273 e. The summed E-state index contributed by atoms with van der Waals surface area (Å²) in [6.07, 6.45) is 6.54. The Kier molecular flexibility index (Phi) is 11.5. The molecule has 0 spiro atoms. The van der Waals surface area contributed by atoms with Gasteiger partial charge in [0.2, 0.25) is 11.8 Å². The molecule has 2 N–H and O–H groups in total. The van der Waals surface area contributed by atoms with Crippen LogP contribution >= 0.6 is 46.4 Å². The van der Waals surface area contributed by atoms with Gasteiger partial charge in [-0.25, -0.2) is 10.9 Å². The summed E-state index contributed by atoms with van der Waals surface area (Å²) in [5.41, 5.74) is 6.01. The van der Waals surface area contributed by atoms with Gasteiger partial charge in [0.1, 0.15) is 0 Å². The minimum Gasteiger partial charge on any atom is -0.273 e. The Hall–Kier alpha value is -2.12. The Morgan fingerprint density at radius 3 is 1.34 bits per heavy atom. The van der Waals surface area contributed by atoms with Gasteiger partial charge in [-0.05, 0) is 37.1 Å². The summed E-state index contributed by atoms with van der Waals surface area (Å²) >= 11 is 24.1. The van der Waals surface area contributed by atoms with Gasteiger partial charge < -0.3 is 0 Å². The zero-order valence-electron chi connectivity index (χ0n) is 17.1. The van der Waals surface area contributed by atoms with E-state index in [1.165, 1.54) is 12.4 Å². The number of unbranched alkanes of at least 4 members (excludes halogenated alkanes) is 3. The molecular formula is C22H22Cl4N4O2. The highest BCUT2D eigenvalue weighted by atomic mass is 35.5. The van der Waals surface area contributed by atoms with E-state index in [4.69, 9.17) is 46.4 Å². The van der Waals surface area contributed by atoms with Gasteiger partial charge in [0.25, 0.3) is 0 Å². The van der Waals surface area contributed by atoms with E-state index in [9.17, 15) is 9.59 Å². The van der Waals surface area contributed by atoms with Gasteiger partial charge in [-0.1, -0.05) is 71.4 Å². The predicted molar refractivity (Wildman–Crippen MR) is 132 cm³/mol. The van der Waals surface area contributed by atoms with Crippen LogP contribution in [-0.2, 0) is 9.59 Å². The average Bonchev–Trinajstić information content (AvgIpc) is 2.75. The van der Waals surface area contributed by atoms with Crippen molar-refractivity contribution in [1.29, 1.82) is 0 Å². The zero-order chi connectivity index (χ0) is 23.3. The van der Waals surface area contributed by atoms with E-state index in [-0.39, 0.29) is 11.8 Å². The molecular weight excluding hydrogens is 494 g/mol. The van der Waals surface area contributed by atoms with Crippen LogP contribution in [0.25, 0.3) is 0 Å². The first kappa shape index (κ1) is 26.1. The van der Waals surface area contributed by atoms with E-state index in [2.05, 4.69) is 21.1 Å². The highest BCUT2D eigenvalue weighted by molar-refractivity contribution is 6.39. The van der Waals surface area contributed by atoms with Crippen LogP contribution in [0.15, 0.2) is 46.6 Å². The lowest BCUT2D eigenvalue weighted by molar-refractivity contribution is -0.122. The Labute approximate surface area is 207 Å². The van der Waals surface area contributed by atoms with Crippen molar-refractivity contribution in [2.24, 2.45) is 10.2 Å². The highest BCUT2D eigenvalue weighted by Crippen LogP contribution is 2.22. The molecule has 0 atom stereocenters. The first-order valence-corrected chi connectivity index (χ1v) is 11.4. The van der Waals surface area contributed by atoms with E-state index >= 15 is 0 Å². The van der Waals surface area contributed by atoms with Crippen LogP contribution in [0.4, 0.5) is 0 Å².